The number of benzene rings is 1. The topological polar surface area (TPSA) is 72.2 Å². The van der Waals surface area contributed by atoms with Gasteiger partial charge in [0.15, 0.2) is 9.84 Å². The molecule has 0 aliphatic carbocycles. The van der Waals surface area contributed by atoms with Gasteiger partial charge in [-0.1, -0.05) is 19.1 Å². The molecule has 102 valence electrons. The first-order valence-corrected chi connectivity index (χ1v) is 8.08. The normalized spacial score (nSPS) is 13.5. The van der Waals surface area contributed by atoms with Crippen molar-refractivity contribution in [2.45, 2.75) is 37.2 Å². The zero-order chi connectivity index (χ0) is 13.6. The van der Waals surface area contributed by atoms with E-state index in [2.05, 4.69) is 12.2 Å². The van der Waals surface area contributed by atoms with Gasteiger partial charge in [-0.25, -0.2) is 8.42 Å². The van der Waals surface area contributed by atoms with Crippen LogP contribution in [0.5, 0.6) is 0 Å². The molecule has 4 nitrogen and oxygen atoms in total. The summed E-state index contributed by atoms with van der Waals surface area (Å²) >= 11 is 0. The van der Waals surface area contributed by atoms with Crippen LogP contribution in [0, 0.1) is 0 Å². The Kier molecular flexibility index (Phi) is 5.78. The Bertz CT molecular complexity index is 454. The lowest BCUT2D eigenvalue weighted by atomic mass is 10.1. The third-order valence-corrected chi connectivity index (χ3v) is 4.03. The van der Waals surface area contributed by atoms with E-state index in [1.54, 1.807) is 12.1 Å². The molecule has 5 heteroatoms. The molecule has 0 heterocycles. The van der Waals surface area contributed by atoms with Crippen LogP contribution < -0.4 is 11.1 Å². The molecule has 0 saturated carbocycles. The lowest BCUT2D eigenvalue weighted by molar-refractivity contribution is 0.549. The van der Waals surface area contributed by atoms with E-state index in [4.69, 9.17) is 5.73 Å². The fourth-order valence-electron chi connectivity index (χ4n) is 1.58. The van der Waals surface area contributed by atoms with Gasteiger partial charge in [0.1, 0.15) is 0 Å². The van der Waals surface area contributed by atoms with Crippen molar-refractivity contribution in [2.75, 3.05) is 12.8 Å². The highest BCUT2D eigenvalue weighted by atomic mass is 32.2. The lowest BCUT2D eigenvalue weighted by Gasteiger charge is -2.09. The lowest BCUT2D eigenvalue weighted by Crippen LogP contribution is -2.25. The van der Waals surface area contributed by atoms with Crippen LogP contribution in [0.1, 0.15) is 25.3 Å². The smallest absolute Gasteiger partial charge is 0.175 e. The third kappa shape index (κ3) is 5.16. The summed E-state index contributed by atoms with van der Waals surface area (Å²) in [4.78, 5) is 0.360. The van der Waals surface area contributed by atoms with Gasteiger partial charge in [0.05, 0.1) is 4.90 Å². The Morgan fingerprint density at radius 1 is 1.28 bits per heavy atom. The Hall–Kier alpha value is -0.910. The molecule has 0 aliphatic rings. The van der Waals surface area contributed by atoms with Crippen molar-refractivity contribution in [1.29, 1.82) is 0 Å². The number of rotatable bonds is 7. The zero-order valence-corrected chi connectivity index (χ0v) is 11.8. The van der Waals surface area contributed by atoms with Crippen molar-refractivity contribution in [3.63, 3.8) is 0 Å². The summed E-state index contributed by atoms with van der Waals surface area (Å²) in [5.74, 6) is 0. The van der Waals surface area contributed by atoms with E-state index in [1.165, 1.54) is 6.26 Å². The van der Waals surface area contributed by atoms with Crippen LogP contribution >= 0.6 is 0 Å². The average Bonchev–Trinajstić information content (AvgIpc) is 2.33. The molecule has 0 aromatic heterocycles. The summed E-state index contributed by atoms with van der Waals surface area (Å²) in [6, 6.07) is 7.21. The first-order valence-electron chi connectivity index (χ1n) is 6.18. The molecule has 1 aromatic rings. The van der Waals surface area contributed by atoms with Crippen LogP contribution in [0.25, 0.3) is 0 Å². The largest absolute Gasteiger partial charge is 0.328 e. The molecular weight excluding hydrogens is 248 g/mol. The van der Waals surface area contributed by atoms with E-state index in [1.807, 2.05) is 12.1 Å². The second kappa shape index (κ2) is 6.87. The Balaban J connectivity index is 2.40. The van der Waals surface area contributed by atoms with Crippen molar-refractivity contribution in [2.24, 2.45) is 5.73 Å². The molecule has 0 fully saturated rings. The minimum absolute atomic E-state index is 0.255. The van der Waals surface area contributed by atoms with E-state index >= 15 is 0 Å². The van der Waals surface area contributed by atoms with Crippen LogP contribution in [-0.4, -0.2) is 27.3 Å². The molecule has 0 spiro atoms. The number of nitrogens with two attached hydrogens (primary N) is 1. The quantitative estimate of drug-likeness (QED) is 0.733. The van der Waals surface area contributed by atoms with Crippen molar-refractivity contribution >= 4 is 9.84 Å². The highest BCUT2D eigenvalue weighted by Crippen LogP contribution is 2.10. The molecule has 0 amide bonds. The second-order valence-electron chi connectivity index (χ2n) is 4.55. The maximum atomic E-state index is 11.3. The van der Waals surface area contributed by atoms with Gasteiger partial charge in [0, 0.05) is 18.8 Å². The molecule has 0 bridgehead atoms. The molecule has 0 radical (unpaired) electrons. The van der Waals surface area contributed by atoms with Gasteiger partial charge in [0.2, 0.25) is 0 Å². The zero-order valence-electron chi connectivity index (χ0n) is 11.0. The summed E-state index contributed by atoms with van der Waals surface area (Å²) < 4.78 is 22.6. The molecule has 1 unspecified atom stereocenters. The minimum Gasteiger partial charge on any atom is -0.328 e. The number of hydrogen-bond donors (Lipinski definition) is 2. The standard InChI is InChI=1S/C13H22N2O2S/c1-3-12(14)8-9-15-10-11-4-6-13(7-5-11)18(2,16)17/h4-7,12,15H,3,8-10,14H2,1-2H3. The fourth-order valence-corrected chi connectivity index (χ4v) is 2.21. The summed E-state index contributed by atoms with van der Waals surface area (Å²) in [6.07, 6.45) is 3.16. The summed E-state index contributed by atoms with van der Waals surface area (Å²) in [7, 11) is -3.10. The van der Waals surface area contributed by atoms with Crippen LogP contribution in [0.3, 0.4) is 0 Å². The predicted molar refractivity (Wildman–Crippen MR) is 74.1 cm³/mol. The summed E-state index contributed by atoms with van der Waals surface area (Å²) in [5, 5.41) is 3.30. The highest BCUT2D eigenvalue weighted by molar-refractivity contribution is 7.90. The molecule has 1 rings (SSSR count). The molecule has 18 heavy (non-hydrogen) atoms. The van der Waals surface area contributed by atoms with Gasteiger partial charge in [-0.15, -0.1) is 0 Å². The number of sulfone groups is 1. The van der Waals surface area contributed by atoms with E-state index in [9.17, 15) is 8.42 Å². The molecule has 1 aromatic carbocycles. The average molecular weight is 270 g/mol. The number of nitrogens with one attached hydrogen (secondary N) is 1. The van der Waals surface area contributed by atoms with E-state index in [0.29, 0.717) is 4.90 Å². The van der Waals surface area contributed by atoms with E-state index in [0.717, 1.165) is 31.5 Å². The van der Waals surface area contributed by atoms with Gasteiger partial charge in [0.25, 0.3) is 0 Å². The maximum absolute atomic E-state index is 11.3. The Labute approximate surface area is 110 Å². The Morgan fingerprint density at radius 3 is 2.39 bits per heavy atom. The van der Waals surface area contributed by atoms with E-state index in [-0.39, 0.29) is 6.04 Å². The summed E-state index contributed by atoms with van der Waals surface area (Å²) in [5.41, 5.74) is 6.89. The third-order valence-electron chi connectivity index (χ3n) is 2.90. The second-order valence-corrected chi connectivity index (χ2v) is 6.57. The van der Waals surface area contributed by atoms with Crippen LogP contribution in [-0.2, 0) is 16.4 Å². The van der Waals surface area contributed by atoms with E-state index < -0.39 is 9.84 Å². The van der Waals surface area contributed by atoms with Gasteiger partial charge >= 0.3 is 0 Å². The van der Waals surface area contributed by atoms with Gasteiger partial charge < -0.3 is 11.1 Å². The molecule has 1 atom stereocenters. The maximum Gasteiger partial charge on any atom is 0.175 e. The molecule has 0 saturated heterocycles. The van der Waals surface area contributed by atoms with Crippen molar-refractivity contribution in [3.05, 3.63) is 29.8 Å². The molecular formula is C13H22N2O2S. The van der Waals surface area contributed by atoms with Crippen molar-refractivity contribution in [1.82, 2.24) is 5.32 Å². The van der Waals surface area contributed by atoms with Gasteiger partial charge in [-0.3, -0.25) is 0 Å². The SMILES string of the molecule is CCC(N)CCNCc1ccc(S(C)(=O)=O)cc1. The minimum atomic E-state index is -3.10. The highest BCUT2D eigenvalue weighted by Gasteiger charge is 2.05. The number of hydrogen-bond acceptors (Lipinski definition) is 4. The van der Waals surface area contributed by atoms with Crippen LogP contribution in [0.15, 0.2) is 29.2 Å². The van der Waals surface area contributed by atoms with Crippen LogP contribution in [0.2, 0.25) is 0 Å². The monoisotopic (exact) mass is 270 g/mol. The fraction of sp³-hybridized carbons (Fsp3) is 0.538. The molecule has 3 N–H and O–H groups in total. The van der Waals surface area contributed by atoms with Crippen molar-refractivity contribution in [3.8, 4) is 0 Å². The van der Waals surface area contributed by atoms with Gasteiger partial charge in [-0.05, 0) is 37.1 Å². The first kappa shape index (κ1) is 15.1. The van der Waals surface area contributed by atoms with Gasteiger partial charge in [-0.2, -0.15) is 0 Å². The first-order chi connectivity index (χ1) is 8.43. The van der Waals surface area contributed by atoms with Crippen LogP contribution in [0.4, 0.5) is 0 Å². The Morgan fingerprint density at radius 2 is 1.89 bits per heavy atom. The predicted octanol–water partition coefficient (Wildman–Crippen LogP) is 1.31. The summed E-state index contributed by atoms with van der Waals surface area (Å²) in [6.45, 7) is 3.69. The molecule has 0 aliphatic heterocycles. The van der Waals surface area contributed by atoms with Crippen molar-refractivity contribution < 1.29 is 8.42 Å².